The van der Waals surface area contributed by atoms with E-state index in [-0.39, 0.29) is 17.1 Å². The lowest BCUT2D eigenvalue weighted by Crippen LogP contribution is -2.54. The van der Waals surface area contributed by atoms with Gasteiger partial charge in [-0.2, -0.15) is 0 Å². The number of aryl methyl sites for hydroxylation is 1. The van der Waals surface area contributed by atoms with E-state index in [4.69, 9.17) is 16.3 Å². The highest BCUT2D eigenvalue weighted by molar-refractivity contribution is 6.39. The van der Waals surface area contributed by atoms with Gasteiger partial charge in [0.05, 0.1) is 12.8 Å². The van der Waals surface area contributed by atoms with E-state index >= 15 is 0 Å². The number of amides is 4. The van der Waals surface area contributed by atoms with E-state index in [1.807, 2.05) is 6.07 Å². The molecule has 3 aromatic carbocycles. The highest BCUT2D eigenvalue weighted by Crippen LogP contribution is 2.29. The Morgan fingerprint density at radius 3 is 2.59 bits per heavy atom. The van der Waals surface area contributed by atoms with E-state index in [0.717, 1.165) is 16.0 Å². The Morgan fingerprint density at radius 1 is 1.06 bits per heavy atom. The lowest BCUT2D eigenvalue weighted by Gasteiger charge is -2.27. The average Bonchev–Trinajstić information content (AvgIpc) is 2.79. The molecule has 4 rings (SSSR count). The zero-order valence-electron chi connectivity index (χ0n) is 18.4. The highest BCUT2D eigenvalue weighted by Gasteiger charge is 2.37. The molecular weight excluding hydrogens is 459 g/mol. The van der Waals surface area contributed by atoms with E-state index in [1.54, 1.807) is 43.3 Å². The summed E-state index contributed by atoms with van der Waals surface area (Å²) in [5, 5.41) is 2.55. The molecule has 8 heteroatoms. The number of ether oxygens (including phenoxy) is 1. The van der Waals surface area contributed by atoms with Crippen LogP contribution in [0.1, 0.15) is 22.3 Å². The van der Waals surface area contributed by atoms with Gasteiger partial charge in [0.1, 0.15) is 17.1 Å². The summed E-state index contributed by atoms with van der Waals surface area (Å²) in [4.78, 5) is 39.0. The van der Waals surface area contributed by atoms with E-state index in [9.17, 15) is 18.8 Å². The molecule has 0 unspecified atom stereocenters. The van der Waals surface area contributed by atoms with Gasteiger partial charge in [-0.1, -0.05) is 41.9 Å². The number of anilines is 1. The molecule has 1 aliphatic rings. The zero-order chi connectivity index (χ0) is 24.4. The van der Waals surface area contributed by atoms with Crippen LogP contribution in [0, 0.1) is 12.7 Å². The van der Waals surface area contributed by atoms with Crippen LogP contribution in [0.15, 0.2) is 66.2 Å². The smallest absolute Gasteiger partial charge is 0.335 e. The van der Waals surface area contributed by atoms with E-state index in [2.05, 4.69) is 5.32 Å². The maximum absolute atomic E-state index is 13.5. The Kier molecular flexibility index (Phi) is 6.47. The molecule has 4 amide bonds. The fourth-order valence-electron chi connectivity index (χ4n) is 3.73. The van der Waals surface area contributed by atoms with Gasteiger partial charge in [0, 0.05) is 11.4 Å². The fraction of sp³-hybridized carbons (Fsp3) is 0.115. The van der Waals surface area contributed by atoms with Crippen molar-refractivity contribution < 1.29 is 23.5 Å². The Labute approximate surface area is 200 Å². The van der Waals surface area contributed by atoms with Crippen LogP contribution in [-0.4, -0.2) is 25.0 Å². The van der Waals surface area contributed by atoms with Crippen molar-refractivity contribution in [3.63, 3.8) is 0 Å². The van der Waals surface area contributed by atoms with Crippen LogP contribution in [-0.2, 0) is 16.0 Å². The third-order valence-corrected chi connectivity index (χ3v) is 5.65. The van der Waals surface area contributed by atoms with E-state index in [1.165, 1.54) is 31.4 Å². The average molecular weight is 479 g/mol. The van der Waals surface area contributed by atoms with Gasteiger partial charge >= 0.3 is 6.03 Å². The minimum atomic E-state index is -0.847. The standard InChI is InChI=1S/C26H20ClFN2O4/c1-15-6-9-19(27)14-22(15)30-25(32)21(24(31)29-26(30)33)12-17-7-8-18(23(13-17)34-2)10-16-4-3-5-20(28)11-16/h3-9,11-14H,10H2,1-2H3,(H,29,31,33)/b21-12+. The molecule has 6 nitrogen and oxygen atoms in total. The van der Waals surface area contributed by atoms with Crippen molar-refractivity contribution in [2.45, 2.75) is 13.3 Å². The number of nitrogens with zero attached hydrogens (tertiary/aromatic N) is 1. The number of carbonyl (C=O) groups is 3. The van der Waals surface area contributed by atoms with Crippen LogP contribution in [0.5, 0.6) is 5.75 Å². The summed E-state index contributed by atoms with van der Waals surface area (Å²) in [6.45, 7) is 1.73. The molecule has 0 atom stereocenters. The molecule has 0 aromatic heterocycles. The molecule has 1 heterocycles. The van der Waals surface area contributed by atoms with Gasteiger partial charge in [-0.25, -0.2) is 14.1 Å². The monoisotopic (exact) mass is 478 g/mol. The first-order chi connectivity index (χ1) is 16.3. The van der Waals surface area contributed by atoms with Gasteiger partial charge in [0.25, 0.3) is 11.8 Å². The van der Waals surface area contributed by atoms with E-state index in [0.29, 0.717) is 28.3 Å². The van der Waals surface area contributed by atoms with Crippen molar-refractivity contribution in [1.82, 2.24) is 5.32 Å². The Bertz CT molecular complexity index is 1350. The third kappa shape index (κ3) is 4.70. The van der Waals surface area contributed by atoms with Crippen LogP contribution >= 0.6 is 11.6 Å². The highest BCUT2D eigenvalue weighted by atomic mass is 35.5. The molecule has 34 heavy (non-hydrogen) atoms. The summed E-state index contributed by atoms with van der Waals surface area (Å²) in [5.74, 6) is -1.37. The van der Waals surface area contributed by atoms with Crippen molar-refractivity contribution in [2.24, 2.45) is 0 Å². The summed E-state index contributed by atoms with van der Waals surface area (Å²) < 4.78 is 19.0. The summed E-state index contributed by atoms with van der Waals surface area (Å²) in [6, 6.07) is 15.4. The largest absolute Gasteiger partial charge is 0.496 e. The van der Waals surface area contributed by atoms with Crippen molar-refractivity contribution in [1.29, 1.82) is 0 Å². The number of benzene rings is 3. The minimum absolute atomic E-state index is 0.209. The lowest BCUT2D eigenvalue weighted by molar-refractivity contribution is -0.122. The number of methoxy groups -OCH3 is 1. The Balaban J connectivity index is 1.68. The lowest BCUT2D eigenvalue weighted by atomic mass is 10.0. The number of hydrogen-bond donors (Lipinski definition) is 1. The Morgan fingerprint density at radius 2 is 1.85 bits per heavy atom. The van der Waals surface area contributed by atoms with Crippen LogP contribution < -0.4 is 15.0 Å². The van der Waals surface area contributed by atoms with Crippen LogP contribution in [0.2, 0.25) is 5.02 Å². The molecule has 0 saturated carbocycles. The van der Waals surface area contributed by atoms with E-state index < -0.39 is 17.8 Å². The third-order valence-electron chi connectivity index (χ3n) is 5.42. The molecule has 3 aromatic rings. The topological polar surface area (TPSA) is 75.7 Å². The summed E-state index contributed by atoms with van der Waals surface area (Å²) in [6.07, 6.45) is 1.83. The first kappa shape index (κ1) is 23.2. The second-order valence-corrected chi connectivity index (χ2v) is 8.20. The first-order valence-corrected chi connectivity index (χ1v) is 10.7. The summed E-state index contributed by atoms with van der Waals surface area (Å²) in [5.41, 5.74) is 2.83. The second kappa shape index (κ2) is 9.49. The summed E-state index contributed by atoms with van der Waals surface area (Å²) in [7, 11) is 1.50. The molecule has 0 spiro atoms. The molecule has 0 radical (unpaired) electrons. The number of hydrogen-bond acceptors (Lipinski definition) is 4. The minimum Gasteiger partial charge on any atom is -0.496 e. The van der Waals surface area contributed by atoms with Crippen molar-refractivity contribution in [3.05, 3.63) is 99.3 Å². The number of carbonyl (C=O) groups excluding carboxylic acids is 3. The molecule has 1 fully saturated rings. The van der Waals surface area contributed by atoms with Crippen molar-refractivity contribution in [2.75, 3.05) is 12.0 Å². The fourth-order valence-corrected chi connectivity index (χ4v) is 3.90. The number of halogens is 2. The van der Waals surface area contributed by atoms with Gasteiger partial charge in [-0.15, -0.1) is 0 Å². The number of rotatable bonds is 5. The molecule has 1 aliphatic heterocycles. The van der Waals surface area contributed by atoms with Crippen LogP contribution in [0.4, 0.5) is 14.9 Å². The number of barbiturate groups is 1. The maximum Gasteiger partial charge on any atom is 0.335 e. The maximum atomic E-state index is 13.5. The predicted octanol–water partition coefficient (Wildman–Crippen LogP) is 5.05. The summed E-state index contributed by atoms with van der Waals surface area (Å²) >= 11 is 6.06. The molecule has 1 saturated heterocycles. The quantitative estimate of drug-likeness (QED) is 0.411. The molecule has 172 valence electrons. The normalized spacial score (nSPS) is 15.0. The number of imide groups is 2. The first-order valence-electron chi connectivity index (χ1n) is 10.4. The molecular formula is C26H20ClFN2O4. The molecule has 0 bridgehead atoms. The van der Waals surface area contributed by atoms with Gasteiger partial charge in [0.2, 0.25) is 0 Å². The van der Waals surface area contributed by atoms with Gasteiger partial charge in [0.15, 0.2) is 0 Å². The van der Waals surface area contributed by atoms with Gasteiger partial charge in [-0.3, -0.25) is 14.9 Å². The molecule has 1 N–H and O–H groups in total. The van der Waals surface area contributed by atoms with Crippen molar-refractivity contribution in [3.8, 4) is 5.75 Å². The van der Waals surface area contributed by atoms with Crippen molar-refractivity contribution >= 4 is 41.2 Å². The second-order valence-electron chi connectivity index (χ2n) is 7.77. The Hall–Kier alpha value is -3.97. The number of urea groups is 1. The van der Waals surface area contributed by atoms with Gasteiger partial charge in [-0.05, 0) is 65.6 Å². The number of nitrogens with one attached hydrogen (secondary N) is 1. The zero-order valence-corrected chi connectivity index (χ0v) is 19.2. The SMILES string of the molecule is COc1cc(/C=C2\C(=O)NC(=O)N(c3cc(Cl)ccc3C)C2=O)ccc1Cc1cccc(F)c1. The predicted molar refractivity (Wildman–Crippen MR) is 127 cm³/mol. The van der Waals surface area contributed by atoms with Gasteiger partial charge < -0.3 is 4.74 Å². The molecule has 0 aliphatic carbocycles. The van der Waals surface area contributed by atoms with Crippen LogP contribution in [0.25, 0.3) is 6.08 Å². The van der Waals surface area contributed by atoms with Crippen LogP contribution in [0.3, 0.4) is 0 Å².